The van der Waals surface area contributed by atoms with Gasteiger partial charge in [0.15, 0.2) is 5.69 Å². The highest BCUT2D eigenvalue weighted by atomic mass is 19.4. The summed E-state index contributed by atoms with van der Waals surface area (Å²) in [6.45, 7) is 0.541. The molecule has 1 fully saturated rings. The first kappa shape index (κ1) is 16.3. The Bertz CT molecular complexity index is 763. The number of piperazine rings is 1. The number of alkyl halides is 3. The van der Waals surface area contributed by atoms with E-state index in [-0.39, 0.29) is 37.8 Å². The van der Waals surface area contributed by atoms with E-state index in [9.17, 15) is 22.8 Å². The molecule has 1 N–H and O–H groups in total. The summed E-state index contributed by atoms with van der Waals surface area (Å²) in [5.41, 5.74) is 1.01. The Morgan fingerprint density at radius 3 is 2.38 bits per heavy atom. The van der Waals surface area contributed by atoms with Crippen LogP contribution in [0.3, 0.4) is 0 Å². The third kappa shape index (κ3) is 3.34. The molecule has 0 aliphatic carbocycles. The standard InChI is InChI=1S/C15H15F3N4O2/c16-15(17,18)9-12(23)21-5-7-22(8-6-21)14(24)13-10-3-1-2-4-11(10)19-20-13/h1-4H,5-9H2,(H,19,20). The maximum absolute atomic E-state index is 12.5. The molecule has 9 heteroatoms. The van der Waals surface area contributed by atoms with Crippen molar-refractivity contribution in [1.29, 1.82) is 0 Å². The van der Waals surface area contributed by atoms with Crippen LogP contribution >= 0.6 is 0 Å². The summed E-state index contributed by atoms with van der Waals surface area (Å²) in [6, 6.07) is 7.18. The quantitative estimate of drug-likeness (QED) is 0.906. The number of aromatic nitrogens is 2. The van der Waals surface area contributed by atoms with Crippen molar-refractivity contribution in [2.75, 3.05) is 26.2 Å². The van der Waals surface area contributed by atoms with Gasteiger partial charge in [-0.15, -0.1) is 0 Å². The number of hydrogen-bond acceptors (Lipinski definition) is 3. The summed E-state index contributed by atoms with van der Waals surface area (Å²) < 4.78 is 36.8. The number of halogens is 3. The molecule has 6 nitrogen and oxygen atoms in total. The molecule has 128 valence electrons. The van der Waals surface area contributed by atoms with Crippen LogP contribution in [-0.4, -0.2) is 64.2 Å². The molecule has 2 aromatic rings. The minimum Gasteiger partial charge on any atom is -0.339 e. The van der Waals surface area contributed by atoms with Crippen LogP contribution in [0.1, 0.15) is 16.9 Å². The molecule has 0 spiro atoms. The lowest BCUT2D eigenvalue weighted by atomic mass is 10.2. The predicted molar refractivity (Wildman–Crippen MR) is 79.2 cm³/mol. The number of aromatic amines is 1. The number of carbonyl (C=O) groups excluding carboxylic acids is 2. The predicted octanol–water partition coefficient (Wildman–Crippen LogP) is 1.80. The first-order valence-electron chi connectivity index (χ1n) is 7.42. The van der Waals surface area contributed by atoms with E-state index in [0.717, 1.165) is 10.4 Å². The molecule has 1 aliphatic rings. The molecule has 2 heterocycles. The van der Waals surface area contributed by atoms with Crippen molar-refractivity contribution < 1.29 is 22.8 Å². The topological polar surface area (TPSA) is 69.3 Å². The van der Waals surface area contributed by atoms with Gasteiger partial charge >= 0.3 is 6.18 Å². The number of rotatable bonds is 2. The van der Waals surface area contributed by atoms with E-state index >= 15 is 0 Å². The van der Waals surface area contributed by atoms with Gasteiger partial charge in [0.1, 0.15) is 6.42 Å². The van der Waals surface area contributed by atoms with Crippen LogP contribution in [0.15, 0.2) is 24.3 Å². The number of H-pyrrole nitrogens is 1. The Labute approximate surface area is 135 Å². The largest absolute Gasteiger partial charge is 0.397 e. The number of fused-ring (bicyclic) bond motifs is 1. The Hall–Kier alpha value is -2.58. The summed E-state index contributed by atoms with van der Waals surface area (Å²) in [6.07, 6.45) is -5.98. The summed E-state index contributed by atoms with van der Waals surface area (Å²) in [7, 11) is 0. The van der Waals surface area contributed by atoms with Crippen LogP contribution in [0.5, 0.6) is 0 Å². The van der Waals surface area contributed by atoms with Gasteiger partial charge in [-0.2, -0.15) is 18.3 Å². The van der Waals surface area contributed by atoms with Crippen LogP contribution in [-0.2, 0) is 4.79 Å². The molecule has 1 aliphatic heterocycles. The van der Waals surface area contributed by atoms with Crippen molar-refractivity contribution in [3.05, 3.63) is 30.0 Å². The van der Waals surface area contributed by atoms with Crippen LogP contribution in [0, 0.1) is 0 Å². The molecule has 0 saturated carbocycles. The van der Waals surface area contributed by atoms with Crippen molar-refractivity contribution in [3.8, 4) is 0 Å². The van der Waals surface area contributed by atoms with Gasteiger partial charge in [-0.3, -0.25) is 14.7 Å². The Kier molecular flexibility index (Phi) is 4.16. The zero-order valence-electron chi connectivity index (χ0n) is 12.6. The Morgan fingerprint density at radius 2 is 1.71 bits per heavy atom. The number of carbonyl (C=O) groups is 2. The second kappa shape index (κ2) is 6.14. The smallest absolute Gasteiger partial charge is 0.339 e. The maximum atomic E-state index is 12.5. The van der Waals surface area contributed by atoms with Gasteiger partial charge in [0.05, 0.1) is 5.52 Å². The average Bonchev–Trinajstić information content (AvgIpc) is 2.97. The highest BCUT2D eigenvalue weighted by Crippen LogP contribution is 2.22. The van der Waals surface area contributed by atoms with Crippen molar-refractivity contribution in [2.45, 2.75) is 12.6 Å². The zero-order chi connectivity index (χ0) is 17.3. The number of hydrogen-bond donors (Lipinski definition) is 1. The van der Waals surface area contributed by atoms with E-state index in [4.69, 9.17) is 0 Å². The van der Waals surface area contributed by atoms with E-state index in [1.807, 2.05) is 6.07 Å². The highest BCUT2D eigenvalue weighted by molar-refractivity contribution is 6.04. The maximum Gasteiger partial charge on any atom is 0.397 e. The van der Waals surface area contributed by atoms with E-state index in [0.29, 0.717) is 5.39 Å². The SMILES string of the molecule is O=C(CC(F)(F)F)N1CCN(C(=O)c2n[nH]c3ccccc23)CC1. The van der Waals surface area contributed by atoms with Gasteiger partial charge < -0.3 is 9.80 Å². The fourth-order valence-corrected chi connectivity index (χ4v) is 2.72. The molecule has 3 rings (SSSR count). The van der Waals surface area contributed by atoms with Crippen LogP contribution in [0.2, 0.25) is 0 Å². The molecule has 0 bridgehead atoms. The van der Waals surface area contributed by atoms with Gasteiger partial charge in [-0.25, -0.2) is 0 Å². The molecule has 1 aromatic heterocycles. The normalized spacial score (nSPS) is 15.8. The van der Waals surface area contributed by atoms with E-state index in [1.165, 1.54) is 4.90 Å². The van der Waals surface area contributed by atoms with Crippen molar-refractivity contribution in [3.63, 3.8) is 0 Å². The van der Waals surface area contributed by atoms with Crippen molar-refractivity contribution in [1.82, 2.24) is 20.0 Å². The molecule has 0 unspecified atom stereocenters. The van der Waals surface area contributed by atoms with Gasteiger partial charge in [0.25, 0.3) is 5.91 Å². The minimum absolute atomic E-state index is 0.0863. The number of nitrogens with zero attached hydrogens (tertiary/aromatic N) is 3. The summed E-state index contributed by atoms with van der Waals surface area (Å²) in [4.78, 5) is 26.8. The molecule has 2 amide bonds. The second-order valence-corrected chi connectivity index (χ2v) is 5.58. The molecule has 1 aromatic carbocycles. The third-order valence-corrected chi connectivity index (χ3v) is 3.94. The number of para-hydroxylation sites is 1. The summed E-state index contributed by atoms with van der Waals surface area (Å²) in [5, 5.41) is 7.49. The fourth-order valence-electron chi connectivity index (χ4n) is 2.72. The lowest BCUT2D eigenvalue weighted by Crippen LogP contribution is -2.51. The fraction of sp³-hybridized carbons (Fsp3) is 0.400. The summed E-state index contributed by atoms with van der Waals surface area (Å²) in [5.74, 6) is -1.25. The first-order chi connectivity index (χ1) is 11.3. The van der Waals surface area contributed by atoms with Crippen LogP contribution in [0.25, 0.3) is 10.9 Å². The van der Waals surface area contributed by atoms with Crippen molar-refractivity contribution in [2.24, 2.45) is 0 Å². The van der Waals surface area contributed by atoms with Gasteiger partial charge in [-0.1, -0.05) is 18.2 Å². The average molecular weight is 340 g/mol. The number of benzene rings is 1. The lowest BCUT2D eigenvalue weighted by molar-refractivity contribution is -0.162. The van der Waals surface area contributed by atoms with E-state index in [1.54, 1.807) is 18.2 Å². The van der Waals surface area contributed by atoms with Gasteiger partial charge in [0, 0.05) is 31.6 Å². The van der Waals surface area contributed by atoms with Crippen LogP contribution in [0.4, 0.5) is 13.2 Å². The monoisotopic (exact) mass is 340 g/mol. The van der Waals surface area contributed by atoms with Gasteiger partial charge in [0.2, 0.25) is 5.91 Å². The number of amides is 2. The molecule has 0 radical (unpaired) electrons. The zero-order valence-corrected chi connectivity index (χ0v) is 12.6. The molecular formula is C15H15F3N4O2. The van der Waals surface area contributed by atoms with Crippen molar-refractivity contribution >= 4 is 22.7 Å². The van der Waals surface area contributed by atoms with Gasteiger partial charge in [-0.05, 0) is 6.07 Å². The third-order valence-electron chi connectivity index (χ3n) is 3.94. The second-order valence-electron chi connectivity index (χ2n) is 5.58. The summed E-state index contributed by atoms with van der Waals surface area (Å²) >= 11 is 0. The Morgan fingerprint density at radius 1 is 1.08 bits per heavy atom. The molecule has 1 saturated heterocycles. The molecule has 0 atom stereocenters. The number of nitrogens with one attached hydrogen (secondary N) is 1. The van der Waals surface area contributed by atoms with Crippen LogP contribution < -0.4 is 0 Å². The Balaban J connectivity index is 1.64. The first-order valence-corrected chi connectivity index (χ1v) is 7.42. The highest BCUT2D eigenvalue weighted by Gasteiger charge is 2.35. The lowest BCUT2D eigenvalue weighted by Gasteiger charge is -2.34. The minimum atomic E-state index is -4.52. The molecule has 24 heavy (non-hydrogen) atoms. The van der Waals surface area contributed by atoms with E-state index in [2.05, 4.69) is 10.2 Å². The van der Waals surface area contributed by atoms with E-state index < -0.39 is 18.5 Å². The molecular weight excluding hydrogens is 325 g/mol.